The smallest absolute Gasteiger partial charge is 0.209 e. The van der Waals surface area contributed by atoms with Crippen LogP contribution in [0.5, 0.6) is 0 Å². The number of hydrogen-bond donors (Lipinski definition) is 2. The number of rotatable bonds is 6. The number of hydrogen-bond acceptors (Lipinski definition) is 5. The molecule has 7 nitrogen and oxygen atoms in total. The number of nitrogens with two attached hydrogens (primary N) is 1. The van der Waals surface area contributed by atoms with Gasteiger partial charge in [0.1, 0.15) is 11.3 Å². The molecule has 1 aromatic heterocycles. The van der Waals surface area contributed by atoms with Gasteiger partial charge in [0.25, 0.3) is 0 Å². The molecule has 32 heavy (non-hydrogen) atoms. The van der Waals surface area contributed by atoms with Crippen LogP contribution in [0.4, 0.5) is 5.69 Å². The second-order valence-electron chi connectivity index (χ2n) is 9.64. The standard InChI is InChI=1S/C24H33N5O2S/c1-24(2,3)19-10-8-18(9-11-19)23-26-20-6-4-7-21(22(20)27-23)29-15-13-28(14-16-29)12-5-17-32(25,30)31/h4,6-11H,5,12-17H2,1-3H3,(H,26,27)(H2,25,30,31). The molecule has 0 saturated carbocycles. The molecule has 3 N–H and O–H groups in total. The Morgan fingerprint density at radius 3 is 2.34 bits per heavy atom. The summed E-state index contributed by atoms with van der Waals surface area (Å²) in [5.74, 6) is 0.925. The summed E-state index contributed by atoms with van der Waals surface area (Å²) in [6, 6.07) is 14.9. The van der Waals surface area contributed by atoms with E-state index in [1.165, 1.54) is 5.56 Å². The molecule has 2 aromatic carbocycles. The van der Waals surface area contributed by atoms with E-state index in [0.717, 1.165) is 60.8 Å². The van der Waals surface area contributed by atoms with Crippen molar-refractivity contribution >= 4 is 26.7 Å². The van der Waals surface area contributed by atoms with Gasteiger partial charge in [0.2, 0.25) is 10.0 Å². The Kier molecular flexibility index (Phi) is 6.29. The van der Waals surface area contributed by atoms with Crippen molar-refractivity contribution in [3.05, 3.63) is 48.0 Å². The molecule has 1 aliphatic rings. The van der Waals surface area contributed by atoms with Gasteiger partial charge >= 0.3 is 0 Å². The molecule has 0 atom stereocenters. The lowest BCUT2D eigenvalue weighted by molar-refractivity contribution is 0.259. The zero-order chi connectivity index (χ0) is 22.9. The second-order valence-corrected chi connectivity index (χ2v) is 11.4. The lowest BCUT2D eigenvalue weighted by Crippen LogP contribution is -2.47. The van der Waals surface area contributed by atoms with Gasteiger partial charge in [-0.2, -0.15) is 0 Å². The summed E-state index contributed by atoms with van der Waals surface area (Å²) >= 11 is 0. The number of sulfonamides is 1. The molecule has 3 aromatic rings. The van der Waals surface area contributed by atoms with Crippen LogP contribution in [0.25, 0.3) is 22.4 Å². The van der Waals surface area contributed by atoms with Crippen molar-refractivity contribution in [3.8, 4) is 11.4 Å². The fourth-order valence-corrected chi connectivity index (χ4v) is 4.77. The first-order valence-electron chi connectivity index (χ1n) is 11.2. The fourth-order valence-electron chi connectivity index (χ4n) is 4.24. The quantitative estimate of drug-likeness (QED) is 0.594. The minimum absolute atomic E-state index is 0.0410. The summed E-state index contributed by atoms with van der Waals surface area (Å²) in [7, 11) is -3.38. The van der Waals surface area contributed by atoms with Gasteiger partial charge in [-0.3, -0.25) is 4.90 Å². The van der Waals surface area contributed by atoms with Crippen LogP contribution in [-0.4, -0.2) is 61.8 Å². The van der Waals surface area contributed by atoms with Crippen LogP contribution in [0.2, 0.25) is 0 Å². The number of para-hydroxylation sites is 1. The first-order valence-corrected chi connectivity index (χ1v) is 12.9. The van der Waals surface area contributed by atoms with E-state index in [4.69, 9.17) is 10.1 Å². The lowest BCUT2D eigenvalue weighted by atomic mass is 9.87. The van der Waals surface area contributed by atoms with Gasteiger partial charge in [0.05, 0.1) is 17.0 Å². The minimum atomic E-state index is -3.38. The number of imidazole rings is 1. The van der Waals surface area contributed by atoms with E-state index in [2.05, 4.69) is 78.0 Å². The van der Waals surface area contributed by atoms with E-state index in [-0.39, 0.29) is 11.2 Å². The first-order chi connectivity index (χ1) is 15.1. The van der Waals surface area contributed by atoms with Crippen molar-refractivity contribution < 1.29 is 8.42 Å². The largest absolute Gasteiger partial charge is 0.367 e. The molecule has 4 rings (SSSR count). The van der Waals surface area contributed by atoms with E-state index in [1.807, 2.05) is 0 Å². The lowest BCUT2D eigenvalue weighted by Gasteiger charge is -2.36. The van der Waals surface area contributed by atoms with Gasteiger partial charge in [-0.15, -0.1) is 0 Å². The highest BCUT2D eigenvalue weighted by atomic mass is 32.2. The molecule has 1 fully saturated rings. The molecular formula is C24H33N5O2S. The van der Waals surface area contributed by atoms with E-state index >= 15 is 0 Å². The number of H-pyrrole nitrogens is 1. The van der Waals surface area contributed by atoms with Gasteiger partial charge < -0.3 is 9.88 Å². The Morgan fingerprint density at radius 1 is 1.03 bits per heavy atom. The van der Waals surface area contributed by atoms with Crippen molar-refractivity contribution in [3.63, 3.8) is 0 Å². The van der Waals surface area contributed by atoms with E-state index in [9.17, 15) is 8.42 Å². The van der Waals surface area contributed by atoms with Crippen LogP contribution in [0, 0.1) is 0 Å². The Hall–Kier alpha value is -2.42. The number of nitrogens with zero attached hydrogens (tertiary/aromatic N) is 3. The number of benzene rings is 2. The highest BCUT2D eigenvalue weighted by molar-refractivity contribution is 7.89. The molecule has 0 aliphatic carbocycles. The molecule has 1 aliphatic heterocycles. The van der Waals surface area contributed by atoms with Gasteiger partial charge in [-0.25, -0.2) is 18.5 Å². The Morgan fingerprint density at radius 2 is 1.72 bits per heavy atom. The zero-order valence-electron chi connectivity index (χ0n) is 19.1. The predicted octanol–water partition coefficient (Wildman–Crippen LogP) is 3.33. The molecule has 0 unspecified atom stereocenters. The van der Waals surface area contributed by atoms with Crippen molar-refractivity contribution in [2.45, 2.75) is 32.6 Å². The van der Waals surface area contributed by atoms with Crippen LogP contribution in [0.15, 0.2) is 42.5 Å². The average Bonchev–Trinajstić information content (AvgIpc) is 3.17. The van der Waals surface area contributed by atoms with Crippen molar-refractivity contribution in [1.82, 2.24) is 14.9 Å². The number of aromatic amines is 1. The number of piperazine rings is 1. The second kappa shape index (κ2) is 8.84. The third-order valence-corrected chi connectivity index (χ3v) is 6.99. The fraction of sp³-hybridized carbons (Fsp3) is 0.458. The Labute approximate surface area is 190 Å². The maximum absolute atomic E-state index is 11.1. The van der Waals surface area contributed by atoms with E-state index < -0.39 is 10.0 Å². The maximum Gasteiger partial charge on any atom is 0.209 e. The van der Waals surface area contributed by atoms with Crippen LogP contribution >= 0.6 is 0 Å². The number of fused-ring (bicyclic) bond motifs is 1. The third-order valence-electron chi connectivity index (χ3n) is 6.13. The van der Waals surface area contributed by atoms with Crippen molar-refractivity contribution in [1.29, 1.82) is 0 Å². The number of primary sulfonamides is 1. The first kappa shape index (κ1) is 22.8. The predicted molar refractivity (Wildman–Crippen MR) is 131 cm³/mol. The summed E-state index contributed by atoms with van der Waals surface area (Å²) < 4.78 is 22.3. The van der Waals surface area contributed by atoms with Crippen molar-refractivity contribution in [2.75, 3.05) is 43.4 Å². The van der Waals surface area contributed by atoms with Crippen LogP contribution < -0.4 is 10.0 Å². The summed E-state index contributed by atoms with van der Waals surface area (Å²) in [4.78, 5) is 13.1. The van der Waals surface area contributed by atoms with Gasteiger partial charge in [-0.1, -0.05) is 51.1 Å². The highest BCUT2D eigenvalue weighted by Gasteiger charge is 2.21. The van der Waals surface area contributed by atoms with Crippen LogP contribution in [0.3, 0.4) is 0 Å². The Bertz CT molecular complexity index is 1170. The number of aromatic nitrogens is 2. The maximum atomic E-state index is 11.1. The monoisotopic (exact) mass is 455 g/mol. The molecule has 8 heteroatoms. The summed E-state index contributed by atoms with van der Waals surface area (Å²) in [6.45, 7) is 11.0. The molecule has 172 valence electrons. The molecule has 0 spiro atoms. The number of anilines is 1. The van der Waals surface area contributed by atoms with Crippen molar-refractivity contribution in [2.24, 2.45) is 5.14 Å². The van der Waals surface area contributed by atoms with Gasteiger partial charge in [0, 0.05) is 31.7 Å². The minimum Gasteiger partial charge on any atom is -0.367 e. The zero-order valence-corrected chi connectivity index (χ0v) is 20.0. The molecule has 1 saturated heterocycles. The average molecular weight is 456 g/mol. The SMILES string of the molecule is CC(C)(C)c1ccc(-c2nc3c(N4CCN(CCCS(N)(=O)=O)CC4)cccc3[nH]2)cc1. The molecule has 0 amide bonds. The Balaban J connectivity index is 1.47. The summed E-state index contributed by atoms with van der Waals surface area (Å²) in [6.07, 6.45) is 0.575. The summed E-state index contributed by atoms with van der Waals surface area (Å²) in [5, 5.41) is 5.11. The van der Waals surface area contributed by atoms with Gasteiger partial charge in [0.15, 0.2) is 0 Å². The normalized spacial score (nSPS) is 16.1. The molecule has 2 heterocycles. The van der Waals surface area contributed by atoms with Crippen LogP contribution in [-0.2, 0) is 15.4 Å². The third kappa shape index (κ3) is 5.31. The molecule has 0 radical (unpaired) electrons. The van der Waals surface area contributed by atoms with Gasteiger partial charge in [-0.05, 0) is 36.1 Å². The van der Waals surface area contributed by atoms with Crippen LogP contribution in [0.1, 0.15) is 32.8 Å². The topological polar surface area (TPSA) is 95.3 Å². The number of nitrogens with one attached hydrogen (secondary N) is 1. The summed E-state index contributed by atoms with van der Waals surface area (Å²) in [5.41, 5.74) is 5.68. The van der Waals surface area contributed by atoms with E-state index in [0.29, 0.717) is 6.42 Å². The van der Waals surface area contributed by atoms with E-state index in [1.54, 1.807) is 0 Å². The molecular weight excluding hydrogens is 422 g/mol. The highest BCUT2D eigenvalue weighted by Crippen LogP contribution is 2.30. The molecule has 0 bridgehead atoms.